The van der Waals surface area contributed by atoms with E-state index < -0.39 is 47.3 Å². The molecule has 65 heavy (non-hydrogen) atoms. The van der Waals surface area contributed by atoms with Crippen molar-refractivity contribution in [3.8, 4) is 0 Å². The highest BCUT2D eigenvalue weighted by Crippen LogP contribution is 2.04. The maximum absolute atomic E-state index is 12.8. The van der Waals surface area contributed by atoms with Crippen molar-refractivity contribution in [3.63, 3.8) is 0 Å². The number of nitrogens with zero attached hydrogens (tertiary/aromatic N) is 6. The topological polar surface area (TPSA) is 422 Å². The Morgan fingerprint density at radius 3 is 0.523 bits per heavy atom. The molecule has 0 aliphatic carbocycles. The molecular formula is C39H76N16O10. The number of hydrogen-bond donors (Lipinski definition) is 10. The van der Waals surface area contributed by atoms with E-state index in [1.165, 1.54) is 0 Å². The van der Waals surface area contributed by atoms with Crippen LogP contribution in [0.2, 0.25) is 0 Å². The van der Waals surface area contributed by atoms with Gasteiger partial charge < -0.3 is 85.9 Å². The van der Waals surface area contributed by atoms with Crippen LogP contribution in [-0.2, 0) is 47.9 Å². The molecule has 372 valence electrons. The summed E-state index contributed by atoms with van der Waals surface area (Å²) in [6, 6.07) is 0. The third-order valence-corrected chi connectivity index (χ3v) is 10.2. The van der Waals surface area contributed by atoms with Gasteiger partial charge in [0.1, 0.15) is 0 Å². The van der Waals surface area contributed by atoms with Gasteiger partial charge in [0.05, 0.1) is 6.67 Å². The molecule has 0 fully saturated rings. The van der Waals surface area contributed by atoms with Gasteiger partial charge in [-0.15, -0.1) is 0 Å². The monoisotopic (exact) mass is 929 g/mol. The first-order valence-electron chi connectivity index (χ1n) is 21.8. The molecule has 18 N–H and O–H groups in total. The SMILES string of the molecule is NC(=O)CCN(CCC(N)=O)CCN(CCC(N)=O)CCN(CCC(N)=O)CCC(=O)NCNC(=O)CCN(CCC(N)=O)CCN(CCC(N)=O)CCN(CCC(N)=O)CCC(N)=O. The van der Waals surface area contributed by atoms with Crippen molar-refractivity contribution in [2.45, 2.75) is 64.2 Å². The minimum Gasteiger partial charge on any atom is -0.370 e. The second-order valence-electron chi connectivity index (χ2n) is 15.7. The summed E-state index contributed by atoms with van der Waals surface area (Å²) in [6.45, 7) is 6.07. The summed E-state index contributed by atoms with van der Waals surface area (Å²) in [5.41, 5.74) is 42.9. The Hall–Kier alpha value is -5.54. The molecule has 0 aromatic heterocycles. The molecule has 0 atom stereocenters. The molecule has 0 saturated carbocycles. The first kappa shape index (κ1) is 59.5. The first-order valence-corrected chi connectivity index (χ1v) is 21.8. The van der Waals surface area contributed by atoms with Crippen molar-refractivity contribution in [3.05, 3.63) is 0 Å². The molecule has 26 nitrogen and oxygen atoms in total. The molecule has 0 saturated heterocycles. The normalized spacial score (nSPS) is 11.4. The molecule has 10 amide bonds. The summed E-state index contributed by atoms with van der Waals surface area (Å²) in [5.74, 6) is -4.78. The Balaban J connectivity index is 5.34. The maximum atomic E-state index is 12.8. The number of nitrogens with one attached hydrogen (secondary N) is 2. The van der Waals surface area contributed by atoms with Gasteiger partial charge in [-0.25, -0.2) is 0 Å². The Labute approximate surface area is 381 Å². The smallest absolute Gasteiger partial charge is 0.222 e. The lowest BCUT2D eigenvalue weighted by Crippen LogP contribution is -2.44. The van der Waals surface area contributed by atoms with Gasteiger partial charge in [-0.05, 0) is 0 Å². The van der Waals surface area contributed by atoms with Crippen molar-refractivity contribution in [2.75, 3.05) is 124 Å². The van der Waals surface area contributed by atoms with E-state index in [1.54, 1.807) is 0 Å². The Kier molecular flexibility index (Phi) is 32.7. The highest BCUT2D eigenvalue weighted by atomic mass is 16.2. The zero-order chi connectivity index (χ0) is 49.2. The van der Waals surface area contributed by atoms with Crippen LogP contribution in [0, 0.1) is 0 Å². The van der Waals surface area contributed by atoms with E-state index in [9.17, 15) is 47.9 Å². The van der Waals surface area contributed by atoms with Crippen LogP contribution in [0.25, 0.3) is 0 Å². The molecule has 0 aliphatic rings. The van der Waals surface area contributed by atoms with E-state index >= 15 is 0 Å². The predicted molar refractivity (Wildman–Crippen MR) is 240 cm³/mol. The number of amides is 10. The number of rotatable bonds is 44. The molecule has 0 rings (SSSR count). The van der Waals surface area contributed by atoms with E-state index in [2.05, 4.69) is 10.6 Å². The standard InChI is InChI=1S/C39H76N16O10/c40-30(56)1-11-50(12-2-31(41)57)21-25-54(17-7-36(46)62)27-23-52(15-5-34(44)60)19-9-38(64)48-29-49-39(65)10-20-53(16-6-35(45)61)24-28-55(18-8-37(47)63)26-22-51(13-3-32(42)58)14-4-33(43)59/h1-29H2,(H2,40,56)(H2,41,57)(H2,42,58)(H2,43,59)(H2,44,60)(H2,45,61)(H2,46,62)(H2,47,63)(H,48,64)(H,49,65). The van der Waals surface area contributed by atoms with Gasteiger partial charge in [0.15, 0.2) is 0 Å². The molecule has 0 heterocycles. The van der Waals surface area contributed by atoms with Gasteiger partial charge in [-0.1, -0.05) is 0 Å². The zero-order valence-electron chi connectivity index (χ0n) is 37.9. The van der Waals surface area contributed by atoms with Gasteiger partial charge in [0.25, 0.3) is 0 Å². The lowest BCUT2D eigenvalue weighted by molar-refractivity contribution is -0.124. The third-order valence-electron chi connectivity index (χ3n) is 10.2. The number of hydrogen-bond acceptors (Lipinski definition) is 16. The summed E-state index contributed by atoms with van der Waals surface area (Å²) in [5, 5.41) is 5.30. The molecule has 0 aromatic rings. The van der Waals surface area contributed by atoms with Gasteiger partial charge in [0, 0.05) is 182 Å². The summed E-state index contributed by atoms with van der Waals surface area (Å²) < 4.78 is 0. The summed E-state index contributed by atoms with van der Waals surface area (Å²) in [4.78, 5) is 129. The molecule has 0 aromatic carbocycles. The first-order chi connectivity index (χ1) is 30.6. The van der Waals surface area contributed by atoms with E-state index in [1.807, 2.05) is 29.4 Å². The minimum atomic E-state index is -0.528. The fourth-order valence-electron chi connectivity index (χ4n) is 6.23. The van der Waals surface area contributed by atoms with Crippen LogP contribution in [0.3, 0.4) is 0 Å². The highest BCUT2D eigenvalue weighted by molar-refractivity contribution is 5.79. The quantitative estimate of drug-likeness (QED) is 0.0254. The maximum Gasteiger partial charge on any atom is 0.222 e. The highest BCUT2D eigenvalue weighted by Gasteiger charge is 2.18. The van der Waals surface area contributed by atoms with Gasteiger partial charge >= 0.3 is 0 Å². The zero-order valence-corrected chi connectivity index (χ0v) is 37.9. The van der Waals surface area contributed by atoms with Gasteiger partial charge in [-0.3, -0.25) is 47.9 Å². The van der Waals surface area contributed by atoms with Crippen molar-refractivity contribution in [1.82, 2.24) is 40.0 Å². The van der Waals surface area contributed by atoms with Crippen LogP contribution >= 0.6 is 0 Å². The van der Waals surface area contributed by atoms with Crippen LogP contribution in [0.15, 0.2) is 0 Å². The number of primary amides is 8. The average Bonchev–Trinajstić information content (AvgIpc) is 3.21. The summed E-state index contributed by atoms with van der Waals surface area (Å²) >= 11 is 0. The number of carbonyl (C=O) groups is 10. The van der Waals surface area contributed by atoms with Crippen LogP contribution in [0.4, 0.5) is 0 Å². The Morgan fingerprint density at radius 2 is 0.369 bits per heavy atom. The second kappa shape index (κ2) is 35.8. The molecular weight excluding hydrogens is 853 g/mol. The molecule has 0 radical (unpaired) electrons. The van der Waals surface area contributed by atoms with E-state index in [4.69, 9.17) is 45.9 Å². The van der Waals surface area contributed by atoms with Crippen LogP contribution in [-0.4, -0.2) is 213 Å². The van der Waals surface area contributed by atoms with Crippen molar-refractivity contribution in [2.24, 2.45) is 45.9 Å². The lowest BCUT2D eigenvalue weighted by Gasteiger charge is -2.30. The van der Waals surface area contributed by atoms with Crippen molar-refractivity contribution in [1.29, 1.82) is 0 Å². The van der Waals surface area contributed by atoms with Crippen molar-refractivity contribution < 1.29 is 47.9 Å². The Morgan fingerprint density at radius 1 is 0.231 bits per heavy atom. The van der Waals surface area contributed by atoms with Gasteiger partial charge in [-0.2, -0.15) is 0 Å². The van der Waals surface area contributed by atoms with E-state index in [0.29, 0.717) is 91.6 Å². The van der Waals surface area contributed by atoms with E-state index in [0.717, 1.165) is 0 Å². The van der Waals surface area contributed by atoms with Crippen molar-refractivity contribution >= 4 is 59.1 Å². The molecule has 0 spiro atoms. The van der Waals surface area contributed by atoms with Crippen LogP contribution in [0.5, 0.6) is 0 Å². The van der Waals surface area contributed by atoms with E-state index in [-0.39, 0.29) is 109 Å². The number of carbonyl (C=O) groups excluding carboxylic acids is 10. The second-order valence-corrected chi connectivity index (χ2v) is 15.7. The third kappa shape index (κ3) is 37.5. The fourth-order valence-corrected chi connectivity index (χ4v) is 6.23. The fraction of sp³-hybridized carbons (Fsp3) is 0.744. The van der Waals surface area contributed by atoms with Crippen LogP contribution < -0.4 is 56.5 Å². The van der Waals surface area contributed by atoms with Crippen LogP contribution in [0.1, 0.15) is 64.2 Å². The largest absolute Gasteiger partial charge is 0.370 e. The predicted octanol–water partition coefficient (Wildman–Crippen LogP) is -7.23. The molecule has 0 bridgehead atoms. The summed E-state index contributed by atoms with van der Waals surface area (Å²) in [7, 11) is 0. The number of nitrogens with two attached hydrogens (primary N) is 8. The Bertz CT molecular complexity index is 1380. The van der Waals surface area contributed by atoms with Gasteiger partial charge in [0.2, 0.25) is 59.1 Å². The summed E-state index contributed by atoms with van der Waals surface area (Å²) in [6.07, 6.45) is 0.572. The molecule has 0 aliphatic heterocycles. The minimum absolute atomic E-state index is 0.0190. The lowest BCUT2D eigenvalue weighted by atomic mass is 10.2. The molecule has 26 heteroatoms. The molecule has 0 unspecified atom stereocenters. The average molecular weight is 929 g/mol.